The molecule has 0 aromatic carbocycles. The van der Waals surface area contributed by atoms with Crippen molar-refractivity contribution in [1.82, 2.24) is 9.97 Å². The van der Waals surface area contributed by atoms with Gasteiger partial charge >= 0.3 is 0 Å². The Kier molecular flexibility index (Phi) is 2.74. The molecule has 1 aromatic heterocycles. The number of ether oxygens (including phenoxy) is 1. The summed E-state index contributed by atoms with van der Waals surface area (Å²) < 4.78 is 5.84. The van der Waals surface area contributed by atoms with E-state index < -0.39 is 0 Å². The van der Waals surface area contributed by atoms with E-state index in [1.807, 2.05) is 18.5 Å². The molecule has 1 saturated heterocycles. The molecule has 0 N–H and O–H groups in total. The van der Waals surface area contributed by atoms with Crippen molar-refractivity contribution in [2.45, 2.75) is 37.8 Å². The van der Waals surface area contributed by atoms with E-state index in [-0.39, 0.29) is 0 Å². The van der Waals surface area contributed by atoms with E-state index in [0.717, 1.165) is 19.1 Å². The van der Waals surface area contributed by atoms with Gasteiger partial charge in [0.2, 0.25) is 5.95 Å². The minimum absolute atomic E-state index is 0.395. The Morgan fingerprint density at radius 1 is 1.19 bits per heavy atom. The van der Waals surface area contributed by atoms with Crippen LogP contribution in [0.15, 0.2) is 18.5 Å². The van der Waals surface area contributed by atoms with Gasteiger partial charge < -0.3 is 9.64 Å². The Balaban J connectivity index is 1.83. The van der Waals surface area contributed by atoms with E-state index in [1.165, 1.54) is 25.7 Å². The highest BCUT2D eigenvalue weighted by Gasteiger charge is 2.35. The topological polar surface area (TPSA) is 38.2 Å². The number of morpholine rings is 1. The van der Waals surface area contributed by atoms with E-state index in [2.05, 4.69) is 14.9 Å². The second kappa shape index (κ2) is 4.37. The van der Waals surface area contributed by atoms with Crippen LogP contribution in [-0.2, 0) is 4.74 Å². The van der Waals surface area contributed by atoms with Crippen LogP contribution < -0.4 is 4.90 Å². The lowest BCUT2D eigenvalue weighted by molar-refractivity contribution is -0.00932. The van der Waals surface area contributed by atoms with Crippen LogP contribution in [0.5, 0.6) is 0 Å². The maximum atomic E-state index is 5.84. The molecule has 0 amide bonds. The molecule has 4 nitrogen and oxygen atoms in total. The summed E-state index contributed by atoms with van der Waals surface area (Å²) in [6.45, 7) is 1.73. The molecule has 2 heterocycles. The fraction of sp³-hybridized carbons (Fsp3) is 0.667. The number of anilines is 1. The molecule has 3 rings (SSSR count). The minimum Gasteiger partial charge on any atom is -0.374 e. The summed E-state index contributed by atoms with van der Waals surface area (Å²) in [5.74, 6) is 0.864. The van der Waals surface area contributed by atoms with Gasteiger partial charge in [0.1, 0.15) is 0 Å². The third-order valence-electron chi connectivity index (χ3n) is 3.54. The van der Waals surface area contributed by atoms with Crippen LogP contribution >= 0.6 is 0 Å². The molecule has 0 spiro atoms. The summed E-state index contributed by atoms with van der Waals surface area (Å²) in [6.07, 6.45) is 9.02. The van der Waals surface area contributed by atoms with Crippen molar-refractivity contribution < 1.29 is 4.74 Å². The fourth-order valence-corrected chi connectivity index (χ4v) is 2.78. The largest absolute Gasteiger partial charge is 0.374 e. The van der Waals surface area contributed by atoms with Crippen LogP contribution in [0.1, 0.15) is 25.7 Å². The molecule has 0 radical (unpaired) electrons. The van der Waals surface area contributed by atoms with E-state index in [0.29, 0.717) is 12.1 Å². The van der Waals surface area contributed by atoms with Crippen molar-refractivity contribution in [3.8, 4) is 0 Å². The van der Waals surface area contributed by atoms with Gasteiger partial charge in [-0.1, -0.05) is 12.8 Å². The number of hydrogen-bond acceptors (Lipinski definition) is 4. The van der Waals surface area contributed by atoms with Crippen LogP contribution in [0.2, 0.25) is 0 Å². The average molecular weight is 219 g/mol. The van der Waals surface area contributed by atoms with E-state index in [4.69, 9.17) is 4.74 Å². The molecule has 2 unspecified atom stereocenters. The number of rotatable bonds is 1. The zero-order chi connectivity index (χ0) is 10.8. The smallest absolute Gasteiger partial charge is 0.225 e. The predicted molar refractivity (Wildman–Crippen MR) is 61.4 cm³/mol. The Bertz CT molecular complexity index is 341. The molecule has 1 aliphatic carbocycles. The summed E-state index contributed by atoms with van der Waals surface area (Å²) >= 11 is 0. The van der Waals surface area contributed by atoms with Crippen molar-refractivity contribution in [1.29, 1.82) is 0 Å². The number of aromatic nitrogens is 2. The molecule has 2 atom stereocenters. The van der Waals surface area contributed by atoms with E-state index >= 15 is 0 Å². The standard InChI is InChI=1S/C12H17N3O/c1-2-5-11-10(4-1)15(8-9-16-11)12-13-6-3-7-14-12/h3,6-7,10-11H,1-2,4-5,8-9H2. The first kappa shape index (κ1) is 10.0. The zero-order valence-electron chi connectivity index (χ0n) is 9.38. The fourth-order valence-electron chi connectivity index (χ4n) is 2.78. The second-order valence-electron chi connectivity index (χ2n) is 4.50. The van der Waals surface area contributed by atoms with Gasteiger partial charge in [0.05, 0.1) is 18.8 Å². The van der Waals surface area contributed by atoms with E-state index in [1.54, 1.807) is 0 Å². The van der Waals surface area contributed by atoms with Crippen LogP contribution in [0.4, 0.5) is 5.95 Å². The van der Waals surface area contributed by atoms with Crippen molar-refractivity contribution >= 4 is 5.95 Å². The lowest BCUT2D eigenvalue weighted by Gasteiger charge is -2.43. The highest BCUT2D eigenvalue weighted by Crippen LogP contribution is 2.30. The van der Waals surface area contributed by atoms with Gasteiger partial charge in [-0.2, -0.15) is 0 Å². The molecular weight excluding hydrogens is 202 g/mol. The molecule has 2 aliphatic rings. The Hall–Kier alpha value is -1.16. The van der Waals surface area contributed by atoms with Gasteiger partial charge in [-0.05, 0) is 18.9 Å². The molecule has 1 aliphatic heterocycles. The molecular formula is C12H17N3O. The SMILES string of the molecule is c1cnc(N2CCOC3CCCCC32)nc1. The van der Waals surface area contributed by atoms with E-state index in [9.17, 15) is 0 Å². The Morgan fingerprint density at radius 3 is 2.88 bits per heavy atom. The first-order valence-corrected chi connectivity index (χ1v) is 6.10. The monoisotopic (exact) mass is 219 g/mol. The Labute approximate surface area is 95.7 Å². The zero-order valence-corrected chi connectivity index (χ0v) is 9.38. The maximum absolute atomic E-state index is 5.84. The molecule has 86 valence electrons. The van der Waals surface area contributed by atoms with Gasteiger partial charge in [-0.25, -0.2) is 9.97 Å². The maximum Gasteiger partial charge on any atom is 0.225 e. The number of fused-ring (bicyclic) bond motifs is 1. The summed E-state index contributed by atoms with van der Waals surface area (Å²) in [5.41, 5.74) is 0. The van der Waals surface area contributed by atoms with Gasteiger partial charge in [0, 0.05) is 18.9 Å². The van der Waals surface area contributed by atoms with Crippen molar-refractivity contribution in [2.75, 3.05) is 18.1 Å². The summed E-state index contributed by atoms with van der Waals surface area (Å²) in [7, 11) is 0. The quantitative estimate of drug-likeness (QED) is 0.719. The lowest BCUT2D eigenvalue weighted by Crippen LogP contribution is -2.53. The summed E-state index contributed by atoms with van der Waals surface area (Å²) in [6, 6.07) is 2.35. The highest BCUT2D eigenvalue weighted by atomic mass is 16.5. The first-order valence-electron chi connectivity index (χ1n) is 6.10. The van der Waals surface area contributed by atoms with Crippen LogP contribution in [0.25, 0.3) is 0 Å². The third-order valence-corrected chi connectivity index (χ3v) is 3.54. The van der Waals surface area contributed by atoms with Crippen molar-refractivity contribution in [3.05, 3.63) is 18.5 Å². The van der Waals surface area contributed by atoms with Crippen LogP contribution in [-0.4, -0.2) is 35.3 Å². The summed E-state index contributed by atoms with van der Waals surface area (Å²) in [5, 5.41) is 0. The molecule has 1 saturated carbocycles. The second-order valence-corrected chi connectivity index (χ2v) is 4.50. The van der Waals surface area contributed by atoms with Crippen molar-refractivity contribution in [2.24, 2.45) is 0 Å². The first-order chi connectivity index (χ1) is 7.95. The normalized spacial score (nSPS) is 29.9. The molecule has 2 fully saturated rings. The van der Waals surface area contributed by atoms with Gasteiger partial charge in [0.25, 0.3) is 0 Å². The predicted octanol–water partition coefficient (Wildman–Crippen LogP) is 1.62. The highest BCUT2D eigenvalue weighted by molar-refractivity contribution is 5.32. The Morgan fingerprint density at radius 2 is 2.00 bits per heavy atom. The summed E-state index contributed by atoms with van der Waals surface area (Å²) in [4.78, 5) is 11.0. The van der Waals surface area contributed by atoms with Crippen LogP contribution in [0.3, 0.4) is 0 Å². The molecule has 1 aromatic rings. The van der Waals surface area contributed by atoms with Crippen molar-refractivity contribution in [3.63, 3.8) is 0 Å². The number of nitrogens with zero attached hydrogens (tertiary/aromatic N) is 3. The molecule has 16 heavy (non-hydrogen) atoms. The third kappa shape index (κ3) is 1.78. The van der Waals surface area contributed by atoms with Crippen LogP contribution in [0, 0.1) is 0 Å². The minimum atomic E-state index is 0.395. The van der Waals surface area contributed by atoms with Gasteiger partial charge in [-0.3, -0.25) is 0 Å². The van der Waals surface area contributed by atoms with Gasteiger partial charge in [0.15, 0.2) is 0 Å². The average Bonchev–Trinajstić information content (AvgIpc) is 2.39. The molecule has 4 heteroatoms. The van der Waals surface area contributed by atoms with Gasteiger partial charge in [-0.15, -0.1) is 0 Å². The number of hydrogen-bond donors (Lipinski definition) is 0. The lowest BCUT2D eigenvalue weighted by atomic mass is 9.90. The molecule has 0 bridgehead atoms.